The zero-order chi connectivity index (χ0) is 30.4. The standard InChI is InChI=1S/C35H61O4P.2H3N/c1-9-10-11-16-29(2)20-14-23-33(6)27-35(8)28-34(7)24-15-21-31(4)18-12-17-30(3)19-13-22-32(5)25-26-39-40(36,37)38;;/h9-10,18-20,24,27,32,35H,11-17,21-23,25-26,28H2,1-8H3,(H2,36,37,38);2*1H3/b10-9+,29-20+,30-19+,31-18+,33-27+,34-24+;;. The second kappa shape index (κ2) is 27.0. The maximum absolute atomic E-state index is 10.7. The van der Waals surface area contributed by atoms with Gasteiger partial charge in [0.2, 0.25) is 0 Å². The van der Waals surface area contributed by atoms with Gasteiger partial charge in [-0.15, -0.1) is 0 Å². The van der Waals surface area contributed by atoms with Gasteiger partial charge in [-0.2, -0.15) is 0 Å². The molecule has 7 heteroatoms. The van der Waals surface area contributed by atoms with Crippen molar-refractivity contribution in [3.8, 4) is 0 Å². The van der Waals surface area contributed by atoms with E-state index in [2.05, 4.69) is 102 Å². The first-order chi connectivity index (χ1) is 18.8. The van der Waals surface area contributed by atoms with E-state index in [-0.39, 0.29) is 18.9 Å². The van der Waals surface area contributed by atoms with Crippen LogP contribution in [-0.2, 0) is 9.09 Å². The van der Waals surface area contributed by atoms with E-state index >= 15 is 0 Å². The summed E-state index contributed by atoms with van der Waals surface area (Å²) in [4.78, 5) is 17.5. The highest BCUT2D eigenvalue weighted by Gasteiger charge is 2.13. The molecule has 0 saturated carbocycles. The molecule has 0 aliphatic rings. The molecule has 2 atom stereocenters. The van der Waals surface area contributed by atoms with Crippen LogP contribution in [0.15, 0.2) is 70.4 Å². The fourth-order valence-electron chi connectivity index (χ4n) is 4.77. The maximum atomic E-state index is 10.7. The molecule has 42 heavy (non-hydrogen) atoms. The molecule has 2 unspecified atom stereocenters. The molecule has 0 radical (unpaired) electrons. The van der Waals surface area contributed by atoms with E-state index in [0.29, 0.717) is 18.3 Å². The largest absolute Gasteiger partial charge is 0.469 e. The van der Waals surface area contributed by atoms with Crippen LogP contribution in [0.1, 0.15) is 132 Å². The van der Waals surface area contributed by atoms with Crippen LogP contribution in [0.25, 0.3) is 0 Å². The van der Waals surface area contributed by atoms with Gasteiger partial charge in [-0.25, -0.2) is 4.57 Å². The first kappa shape index (κ1) is 44.9. The molecule has 8 N–H and O–H groups in total. The summed E-state index contributed by atoms with van der Waals surface area (Å²) >= 11 is 0. The predicted octanol–water partition coefficient (Wildman–Crippen LogP) is 11.7. The molecule has 0 bridgehead atoms. The Balaban J connectivity index is -0.00000760. The highest BCUT2D eigenvalue weighted by atomic mass is 31.2. The van der Waals surface area contributed by atoms with Crippen molar-refractivity contribution in [2.75, 3.05) is 6.61 Å². The summed E-state index contributed by atoms with van der Waals surface area (Å²) in [5.74, 6) is 0.964. The highest BCUT2D eigenvalue weighted by Crippen LogP contribution is 2.36. The van der Waals surface area contributed by atoms with Gasteiger partial charge in [0.15, 0.2) is 0 Å². The van der Waals surface area contributed by atoms with Crippen molar-refractivity contribution in [3.63, 3.8) is 0 Å². The first-order valence-corrected chi connectivity index (χ1v) is 17.0. The Bertz CT molecular complexity index is 925. The summed E-state index contributed by atoms with van der Waals surface area (Å²) in [5, 5.41) is 0. The van der Waals surface area contributed by atoms with Crippen molar-refractivity contribution < 1.29 is 18.9 Å². The molecule has 0 aromatic rings. The van der Waals surface area contributed by atoms with E-state index < -0.39 is 7.82 Å². The van der Waals surface area contributed by atoms with E-state index in [4.69, 9.17) is 9.79 Å². The second-order valence-corrected chi connectivity index (χ2v) is 13.2. The Morgan fingerprint density at radius 1 is 0.690 bits per heavy atom. The lowest BCUT2D eigenvalue weighted by Gasteiger charge is -2.11. The minimum absolute atomic E-state index is 0. The summed E-state index contributed by atoms with van der Waals surface area (Å²) in [7, 11) is -4.34. The van der Waals surface area contributed by atoms with E-state index in [9.17, 15) is 4.57 Å². The third-order valence-electron chi connectivity index (χ3n) is 7.27. The zero-order valence-corrected chi connectivity index (χ0v) is 29.4. The summed E-state index contributed by atoms with van der Waals surface area (Å²) in [6.07, 6.45) is 29.2. The molecule has 0 spiro atoms. The van der Waals surface area contributed by atoms with E-state index in [1.54, 1.807) is 0 Å². The molecule has 0 fully saturated rings. The molecule has 0 heterocycles. The summed E-state index contributed by atoms with van der Waals surface area (Å²) in [6, 6.07) is 0. The average Bonchev–Trinajstić information content (AvgIpc) is 2.83. The van der Waals surface area contributed by atoms with Gasteiger partial charge >= 0.3 is 7.82 Å². The van der Waals surface area contributed by atoms with Gasteiger partial charge in [0, 0.05) is 0 Å². The number of hydrogen-bond acceptors (Lipinski definition) is 4. The molecule has 0 amide bonds. The van der Waals surface area contributed by atoms with Crippen molar-refractivity contribution >= 4 is 7.82 Å². The Morgan fingerprint density at radius 2 is 1.14 bits per heavy atom. The molecular formula is C35H67N2O4P. The lowest BCUT2D eigenvalue weighted by molar-refractivity contribution is 0.185. The third-order valence-corrected chi connectivity index (χ3v) is 7.79. The smallest absolute Gasteiger partial charge is 0.344 e. The number of phosphoric ester groups is 1. The van der Waals surface area contributed by atoms with E-state index in [1.807, 2.05) is 0 Å². The molecule has 0 saturated heterocycles. The van der Waals surface area contributed by atoms with Gasteiger partial charge in [-0.1, -0.05) is 84.2 Å². The third kappa shape index (κ3) is 29.9. The van der Waals surface area contributed by atoms with Crippen molar-refractivity contribution in [1.82, 2.24) is 12.3 Å². The highest BCUT2D eigenvalue weighted by molar-refractivity contribution is 7.46. The first-order valence-electron chi connectivity index (χ1n) is 15.4. The number of rotatable bonds is 22. The molecule has 0 aliphatic carbocycles. The van der Waals surface area contributed by atoms with Crippen LogP contribution < -0.4 is 12.3 Å². The SMILES string of the molecule is C/C=C/CC/C(C)=C/CC/C(C)=C/C(C)C/C(C)=C/CC/C(C)=C/CC/C(C)=C/CCC(C)CCOP(=O)(O)O.N.N. The topological polar surface area (TPSA) is 137 Å². The van der Waals surface area contributed by atoms with Crippen LogP contribution in [0.2, 0.25) is 0 Å². The summed E-state index contributed by atoms with van der Waals surface area (Å²) < 4.78 is 15.3. The Morgan fingerprint density at radius 3 is 1.64 bits per heavy atom. The van der Waals surface area contributed by atoms with Crippen molar-refractivity contribution in [1.29, 1.82) is 0 Å². The van der Waals surface area contributed by atoms with E-state index in [0.717, 1.165) is 64.2 Å². The minimum Gasteiger partial charge on any atom is -0.344 e. The van der Waals surface area contributed by atoms with Gasteiger partial charge in [-0.3, -0.25) is 4.52 Å². The lowest BCUT2D eigenvalue weighted by atomic mass is 9.97. The quantitative estimate of drug-likeness (QED) is 0.0710. The number of hydrogen-bond donors (Lipinski definition) is 4. The fraction of sp³-hybridized carbons (Fsp3) is 0.657. The van der Waals surface area contributed by atoms with Gasteiger partial charge in [0.05, 0.1) is 6.61 Å². The van der Waals surface area contributed by atoms with Crippen molar-refractivity contribution in [2.24, 2.45) is 11.8 Å². The van der Waals surface area contributed by atoms with Crippen molar-refractivity contribution in [2.45, 2.75) is 132 Å². The van der Waals surface area contributed by atoms with Crippen molar-refractivity contribution in [3.05, 3.63) is 70.4 Å². The monoisotopic (exact) mass is 610 g/mol. The molecule has 6 nitrogen and oxygen atoms in total. The van der Waals surface area contributed by atoms with Crippen LogP contribution in [0.3, 0.4) is 0 Å². The fourth-order valence-corrected chi connectivity index (χ4v) is 5.12. The normalized spacial score (nSPS) is 15.4. The Kier molecular flexibility index (Phi) is 28.9. The molecule has 0 rings (SSSR count). The Hall–Kier alpha value is -1.53. The lowest BCUT2D eigenvalue weighted by Crippen LogP contribution is -2.00. The molecule has 246 valence electrons. The summed E-state index contributed by atoms with van der Waals surface area (Å²) in [6.45, 7) is 17.9. The molecule has 0 aromatic carbocycles. The average molecular weight is 611 g/mol. The van der Waals surface area contributed by atoms with Gasteiger partial charge in [0.1, 0.15) is 0 Å². The second-order valence-electron chi connectivity index (χ2n) is 11.9. The molecule has 0 aromatic heterocycles. The van der Waals surface area contributed by atoms with Gasteiger partial charge < -0.3 is 22.1 Å². The van der Waals surface area contributed by atoms with Gasteiger partial charge in [-0.05, 0) is 130 Å². The van der Waals surface area contributed by atoms with Crippen LogP contribution in [0.5, 0.6) is 0 Å². The number of allylic oxidation sites excluding steroid dienone is 12. The molecule has 0 aliphatic heterocycles. The van der Waals surface area contributed by atoms with Crippen LogP contribution in [0, 0.1) is 11.8 Å². The van der Waals surface area contributed by atoms with Crippen LogP contribution >= 0.6 is 7.82 Å². The zero-order valence-electron chi connectivity index (χ0n) is 28.5. The maximum Gasteiger partial charge on any atom is 0.469 e. The predicted molar refractivity (Wildman–Crippen MR) is 185 cm³/mol. The number of phosphoric acid groups is 1. The van der Waals surface area contributed by atoms with E-state index in [1.165, 1.54) is 34.3 Å². The van der Waals surface area contributed by atoms with Gasteiger partial charge in [0.25, 0.3) is 0 Å². The molecular weight excluding hydrogens is 543 g/mol. The van der Waals surface area contributed by atoms with Crippen LogP contribution in [0.4, 0.5) is 0 Å². The summed E-state index contributed by atoms with van der Waals surface area (Å²) in [5.41, 5.74) is 7.37. The minimum atomic E-state index is -4.34. The van der Waals surface area contributed by atoms with Crippen LogP contribution in [-0.4, -0.2) is 16.4 Å². The Labute approximate surface area is 260 Å².